The molecule has 0 bridgehead atoms. The standard InChI is InChI=1S/C18H18BrNO3/c1-3-22-17-11-13(10-15(19)18(17)23-4-2)7-8-16(21)14-6-5-9-20-12-14/h5-12H,3-4H2,1-2H3/b8-7+. The Bertz CT molecular complexity index is 699. The van der Waals surface area contributed by atoms with Crippen LogP contribution in [0.5, 0.6) is 11.5 Å². The number of ketones is 1. The molecule has 0 unspecified atom stereocenters. The van der Waals surface area contributed by atoms with E-state index in [4.69, 9.17) is 9.47 Å². The number of aromatic nitrogens is 1. The fourth-order valence-electron chi connectivity index (χ4n) is 2.01. The third-order valence-corrected chi connectivity index (χ3v) is 3.58. The number of carbonyl (C=O) groups excluding carboxylic acids is 1. The Morgan fingerprint density at radius 2 is 2.04 bits per heavy atom. The van der Waals surface area contributed by atoms with Gasteiger partial charge in [-0.05, 0) is 65.7 Å². The van der Waals surface area contributed by atoms with Gasteiger partial charge in [0.05, 0.1) is 17.7 Å². The second-order valence-corrected chi connectivity index (χ2v) is 5.49. The Morgan fingerprint density at radius 3 is 2.70 bits per heavy atom. The normalized spacial score (nSPS) is 10.7. The van der Waals surface area contributed by atoms with Crippen molar-refractivity contribution in [3.05, 3.63) is 58.3 Å². The Kier molecular flexibility index (Phi) is 6.35. The number of benzene rings is 1. The SMILES string of the molecule is CCOc1cc(/C=C/C(=O)c2cccnc2)cc(Br)c1OCC. The summed E-state index contributed by atoms with van der Waals surface area (Å²) in [5.74, 6) is 1.23. The molecule has 1 heterocycles. The number of pyridine rings is 1. The van der Waals surface area contributed by atoms with Crippen molar-refractivity contribution in [2.75, 3.05) is 13.2 Å². The van der Waals surface area contributed by atoms with Crippen LogP contribution < -0.4 is 9.47 Å². The van der Waals surface area contributed by atoms with Gasteiger partial charge < -0.3 is 9.47 Å². The second-order valence-electron chi connectivity index (χ2n) is 4.64. The average Bonchev–Trinajstić information content (AvgIpc) is 2.57. The van der Waals surface area contributed by atoms with E-state index in [1.807, 2.05) is 26.0 Å². The molecule has 0 spiro atoms. The molecule has 0 saturated carbocycles. The van der Waals surface area contributed by atoms with Crippen molar-refractivity contribution >= 4 is 27.8 Å². The molecule has 0 fully saturated rings. The van der Waals surface area contributed by atoms with Crippen LogP contribution in [0, 0.1) is 0 Å². The van der Waals surface area contributed by atoms with Crippen molar-refractivity contribution in [3.8, 4) is 11.5 Å². The first-order valence-electron chi connectivity index (χ1n) is 7.37. The highest BCUT2D eigenvalue weighted by molar-refractivity contribution is 9.10. The summed E-state index contributed by atoms with van der Waals surface area (Å²) in [7, 11) is 0. The monoisotopic (exact) mass is 375 g/mol. The molecule has 0 saturated heterocycles. The van der Waals surface area contributed by atoms with Gasteiger partial charge in [-0.15, -0.1) is 0 Å². The Balaban J connectivity index is 2.26. The number of halogens is 1. The molecule has 120 valence electrons. The minimum absolute atomic E-state index is 0.0962. The summed E-state index contributed by atoms with van der Waals surface area (Å²) in [6.45, 7) is 4.92. The van der Waals surface area contributed by atoms with Crippen molar-refractivity contribution in [2.45, 2.75) is 13.8 Å². The lowest BCUT2D eigenvalue weighted by Gasteiger charge is -2.13. The first-order valence-corrected chi connectivity index (χ1v) is 8.16. The predicted molar refractivity (Wildman–Crippen MR) is 94.1 cm³/mol. The summed E-state index contributed by atoms with van der Waals surface area (Å²) in [5, 5.41) is 0. The first-order chi connectivity index (χ1) is 11.2. The number of rotatable bonds is 7. The summed E-state index contributed by atoms with van der Waals surface area (Å²) in [6, 6.07) is 7.22. The summed E-state index contributed by atoms with van der Waals surface area (Å²) in [6.07, 6.45) is 6.46. The number of nitrogens with zero attached hydrogens (tertiary/aromatic N) is 1. The molecule has 1 aromatic heterocycles. The average molecular weight is 376 g/mol. The van der Waals surface area contributed by atoms with Gasteiger partial charge in [0, 0.05) is 18.0 Å². The zero-order chi connectivity index (χ0) is 16.7. The highest BCUT2D eigenvalue weighted by Crippen LogP contribution is 2.37. The third kappa shape index (κ3) is 4.66. The molecular formula is C18H18BrNO3. The van der Waals surface area contributed by atoms with Crippen LogP contribution in [0.1, 0.15) is 29.8 Å². The molecule has 2 aromatic rings. The molecule has 1 aromatic carbocycles. The summed E-state index contributed by atoms with van der Waals surface area (Å²) < 4.78 is 12.0. The third-order valence-electron chi connectivity index (χ3n) is 2.99. The highest BCUT2D eigenvalue weighted by atomic mass is 79.9. The second kappa shape index (κ2) is 8.48. The van der Waals surface area contributed by atoms with E-state index in [1.54, 1.807) is 30.6 Å². The molecule has 0 atom stereocenters. The summed E-state index contributed by atoms with van der Waals surface area (Å²) >= 11 is 3.49. The van der Waals surface area contributed by atoms with E-state index in [0.717, 1.165) is 10.0 Å². The van der Waals surface area contributed by atoms with Crippen LogP contribution in [0.2, 0.25) is 0 Å². The van der Waals surface area contributed by atoms with Crippen molar-refractivity contribution in [2.24, 2.45) is 0 Å². The molecule has 0 aliphatic rings. The maximum Gasteiger partial charge on any atom is 0.187 e. The fourth-order valence-corrected chi connectivity index (χ4v) is 2.58. The lowest BCUT2D eigenvalue weighted by atomic mass is 10.1. The zero-order valence-electron chi connectivity index (χ0n) is 13.1. The van der Waals surface area contributed by atoms with E-state index >= 15 is 0 Å². The molecule has 0 amide bonds. The molecule has 4 nitrogen and oxygen atoms in total. The molecule has 0 N–H and O–H groups in total. The van der Waals surface area contributed by atoms with Gasteiger partial charge in [-0.3, -0.25) is 9.78 Å². The van der Waals surface area contributed by atoms with Crippen LogP contribution in [0.3, 0.4) is 0 Å². The molecule has 2 rings (SSSR count). The highest BCUT2D eigenvalue weighted by Gasteiger charge is 2.11. The maximum atomic E-state index is 12.1. The summed E-state index contributed by atoms with van der Waals surface area (Å²) in [4.78, 5) is 16.0. The number of hydrogen-bond acceptors (Lipinski definition) is 4. The first kappa shape index (κ1) is 17.2. The van der Waals surface area contributed by atoms with Crippen LogP contribution in [0.15, 0.2) is 47.2 Å². The largest absolute Gasteiger partial charge is 0.490 e. The topological polar surface area (TPSA) is 48.4 Å². The smallest absolute Gasteiger partial charge is 0.187 e. The molecule has 5 heteroatoms. The van der Waals surface area contributed by atoms with Gasteiger partial charge in [-0.1, -0.05) is 6.08 Å². The van der Waals surface area contributed by atoms with Gasteiger partial charge in [0.1, 0.15) is 0 Å². The van der Waals surface area contributed by atoms with Crippen LogP contribution in [-0.2, 0) is 0 Å². The minimum Gasteiger partial charge on any atom is -0.490 e. The Labute approximate surface area is 144 Å². The lowest BCUT2D eigenvalue weighted by Crippen LogP contribution is -2.00. The van der Waals surface area contributed by atoms with Crippen LogP contribution in [-0.4, -0.2) is 24.0 Å². The van der Waals surface area contributed by atoms with Crippen LogP contribution >= 0.6 is 15.9 Å². The van der Waals surface area contributed by atoms with Gasteiger partial charge in [0.25, 0.3) is 0 Å². The van der Waals surface area contributed by atoms with E-state index < -0.39 is 0 Å². The van der Waals surface area contributed by atoms with Gasteiger partial charge >= 0.3 is 0 Å². The molecule has 0 aliphatic carbocycles. The van der Waals surface area contributed by atoms with Crippen molar-refractivity contribution < 1.29 is 14.3 Å². The number of carbonyl (C=O) groups is 1. The van der Waals surface area contributed by atoms with Crippen molar-refractivity contribution in [1.82, 2.24) is 4.98 Å². The van der Waals surface area contributed by atoms with Crippen molar-refractivity contribution in [1.29, 1.82) is 0 Å². The van der Waals surface area contributed by atoms with E-state index in [2.05, 4.69) is 20.9 Å². The Hall–Kier alpha value is -2.14. The van der Waals surface area contributed by atoms with Crippen LogP contribution in [0.25, 0.3) is 6.08 Å². The van der Waals surface area contributed by atoms with E-state index in [1.165, 1.54) is 6.08 Å². The maximum absolute atomic E-state index is 12.1. The Morgan fingerprint density at radius 1 is 1.26 bits per heavy atom. The van der Waals surface area contributed by atoms with E-state index in [0.29, 0.717) is 30.3 Å². The van der Waals surface area contributed by atoms with E-state index in [9.17, 15) is 4.79 Å². The summed E-state index contributed by atoms with van der Waals surface area (Å²) in [5.41, 5.74) is 1.40. The van der Waals surface area contributed by atoms with Crippen molar-refractivity contribution in [3.63, 3.8) is 0 Å². The number of ether oxygens (including phenoxy) is 2. The lowest BCUT2D eigenvalue weighted by molar-refractivity contribution is 0.104. The van der Waals surface area contributed by atoms with Gasteiger partial charge in [-0.2, -0.15) is 0 Å². The van der Waals surface area contributed by atoms with Gasteiger partial charge in [0.15, 0.2) is 17.3 Å². The quantitative estimate of drug-likeness (QED) is 0.526. The number of allylic oxidation sites excluding steroid dienone is 1. The minimum atomic E-state index is -0.0962. The van der Waals surface area contributed by atoms with Crippen LogP contribution in [0.4, 0.5) is 0 Å². The molecule has 0 radical (unpaired) electrons. The zero-order valence-corrected chi connectivity index (χ0v) is 14.7. The number of hydrogen-bond donors (Lipinski definition) is 0. The van der Waals surface area contributed by atoms with E-state index in [-0.39, 0.29) is 5.78 Å². The van der Waals surface area contributed by atoms with Gasteiger partial charge in [0.2, 0.25) is 0 Å². The fraction of sp³-hybridized carbons (Fsp3) is 0.222. The molecular weight excluding hydrogens is 358 g/mol. The predicted octanol–water partition coefficient (Wildman–Crippen LogP) is 4.54. The molecule has 23 heavy (non-hydrogen) atoms. The molecule has 0 aliphatic heterocycles. The van der Waals surface area contributed by atoms with Gasteiger partial charge in [-0.25, -0.2) is 0 Å².